The highest BCUT2D eigenvalue weighted by Crippen LogP contribution is 2.25. The number of carbonyl (C=O) groups excluding carboxylic acids is 2. The number of phenolic OH excluding ortho intramolecular Hbond substituents is 3. The average Bonchev–Trinajstić information content (AvgIpc) is 2.37. The molecule has 21 heavy (non-hydrogen) atoms. The number of benzene rings is 2. The summed E-state index contributed by atoms with van der Waals surface area (Å²) in [5.74, 6) is -1.42. The predicted molar refractivity (Wildman–Crippen MR) is 75.9 cm³/mol. The van der Waals surface area contributed by atoms with Crippen molar-refractivity contribution in [1.82, 2.24) is 0 Å². The van der Waals surface area contributed by atoms with E-state index in [-0.39, 0.29) is 22.8 Å². The molecule has 0 saturated heterocycles. The quantitative estimate of drug-likeness (QED) is 0.593. The second-order valence-corrected chi connectivity index (χ2v) is 4.72. The lowest BCUT2D eigenvalue weighted by Gasteiger charge is -2.06. The van der Waals surface area contributed by atoms with Crippen LogP contribution in [0.1, 0.15) is 32.7 Å². The van der Waals surface area contributed by atoms with Gasteiger partial charge in [-0.25, -0.2) is 0 Å². The van der Waals surface area contributed by atoms with Gasteiger partial charge in [-0.15, -0.1) is 0 Å². The van der Waals surface area contributed by atoms with E-state index in [1.165, 1.54) is 30.3 Å². The van der Waals surface area contributed by atoms with Crippen LogP contribution in [0.5, 0.6) is 17.2 Å². The monoisotopic (exact) mass is 286 g/mol. The number of hydrogen-bond acceptors (Lipinski definition) is 5. The Bertz CT molecular complexity index is 657. The Balaban J connectivity index is 2.21. The van der Waals surface area contributed by atoms with Gasteiger partial charge in [0.25, 0.3) is 0 Å². The van der Waals surface area contributed by atoms with Crippen molar-refractivity contribution in [2.45, 2.75) is 13.3 Å². The van der Waals surface area contributed by atoms with Gasteiger partial charge in [-0.1, -0.05) is 0 Å². The normalized spacial score (nSPS) is 10.3. The molecule has 0 fully saturated rings. The third-order valence-electron chi connectivity index (χ3n) is 3.11. The lowest BCUT2D eigenvalue weighted by molar-refractivity contribution is 0.0893. The van der Waals surface area contributed by atoms with E-state index in [2.05, 4.69) is 0 Å². The van der Waals surface area contributed by atoms with Gasteiger partial charge in [0.05, 0.1) is 12.0 Å². The van der Waals surface area contributed by atoms with Crippen LogP contribution in [0.2, 0.25) is 0 Å². The molecule has 108 valence electrons. The minimum absolute atomic E-state index is 0.0161. The fourth-order valence-corrected chi connectivity index (χ4v) is 2.05. The van der Waals surface area contributed by atoms with Crippen LogP contribution in [0, 0.1) is 6.92 Å². The summed E-state index contributed by atoms with van der Waals surface area (Å²) < 4.78 is 0. The maximum Gasteiger partial charge on any atom is 0.174 e. The van der Waals surface area contributed by atoms with Crippen LogP contribution >= 0.6 is 0 Å². The first-order valence-corrected chi connectivity index (χ1v) is 6.26. The van der Waals surface area contributed by atoms with Crippen LogP contribution in [0.3, 0.4) is 0 Å². The Morgan fingerprint density at radius 2 is 1.38 bits per heavy atom. The van der Waals surface area contributed by atoms with Crippen molar-refractivity contribution < 1.29 is 24.9 Å². The number of aryl methyl sites for hydroxylation is 1. The molecule has 5 nitrogen and oxygen atoms in total. The number of Topliss-reactive ketones (excluding diaryl/α,β-unsaturated/α-hetero) is 2. The molecule has 0 atom stereocenters. The molecule has 3 N–H and O–H groups in total. The maximum absolute atomic E-state index is 12.1. The largest absolute Gasteiger partial charge is 0.508 e. The third-order valence-corrected chi connectivity index (χ3v) is 3.11. The molecule has 0 bridgehead atoms. The number of carbonyl (C=O) groups is 2. The third kappa shape index (κ3) is 3.20. The van der Waals surface area contributed by atoms with Crippen LogP contribution < -0.4 is 0 Å². The van der Waals surface area contributed by atoms with Crippen LogP contribution in [-0.2, 0) is 0 Å². The van der Waals surface area contributed by atoms with Gasteiger partial charge in [-0.05, 0) is 42.8 Å². The summed E-state index contributed by atoms with van der Waals surface area (Å²) in [7, 11) is 0. The van der Waals surface area contributed by atoms with Gasteiger partial charge in [0.15, 0.2) is 11.6 Å². The van der Waals surface area contributed by atoms with Gasteiger partial charge in [0.1, 0.15) is 17.2 Å². The van der Waals surface area contributed by atoms with Gasteiger partial charge >= 0.3 is 0 Å². The average molecular weight is 286 g/mol. The zero-order chi connectivity index (χ0) is 15.6. The molecule has 0 unspecified atom stereocenters. The van der Waals surface area contributed by atoms with Gasteiger partial charge in [0, 0.05) is 11.6 Å². The highest BCUT2D eigenvalue weighted by molar-refractivity contribution is 6.14. The minimum atomic E-state index is -0.537. The lowest BCUT2D eigenvalue weighted by atomic mass is 9.98. The van der Waals surface area contributed by atoms with Crippen LogP contribution in [-0.4, -0.2) is 26.9 Å². The van der Waals surface area contributed by atoms with E-state index in [1.54, 1.807) is 6.92 Å². The summed E-state index contributed by atoms with van der Waals surface area (Å²) >= 11 is 0. The van der Waals surface area contributed by atoms with E-state index in [9.17, 15) is 24.9 Å². The Hall–Kier alpha value is -2.82. The lowest BCUT2D eigenvalue weighted by Crippen LogP contribution is -2.10. The molecular weight excluding hydrogens is 272 g/mol. The van der Waals surface area contributed by atoms with Gasteiger partial charge in [-0.2, -0.15) is 0 Å². The van der Waals surface area contributed by atoms with E-state index in [0.29, 0.717) is 11.1 Å². The van der Waals surface area contributed by atoms with Crippen molar-refractivity contribution in [2.75, 3.05) is 0 Å². The van der Waals surface area contributed by atoms with Gasteiger partial charge < -0.3 is 15.3 Å². The number of aromatic hydroxyl groups is 3. The zero-order valence-electron chi connectivity index (χ0n) is 11.3. The molecule has 0 aliphatic heterocycles. The summed E-state index contributed by atoms with van der Waals surface area (Å²) in [6.45, 7) is 1.66. The summed E-state index contributed by atoms with van der Waals surface area (Å²) in [5, 5.41) is 28.1. The molecule has 5 heteroatoms. The Labute approximate surface area is 121 Å². The topological polar surface area (TPSA) is 94.8 Å². The summed E-state index contributed by atoms with van der Waals surface area (Å²) in [4.78, 5) is 24.1. The predicted octanol–water partition coefficient (Wildman–Crippen LogP) is 2.57. The van der Waals surface area contributed by atoms with Crippen molar-refractivity contribution in [3.05, 3.63) is 53.1 Å². The molecule has 2 aromatic rings. The molecule has 0 saturated carbocycles. The van der Waals surface area contributed by atoms with E-state index < -0.39 is 18.0 Å². The van der Waals surface area contributed by atoms with Crippen LogP contribution in [0.4, 0.5) is 0 Å². The summed E-state index contributed by atoms with van der Waals surface area (Å²) in [6.07, 6.45) is -0.399. The number of hydrogen-bond donors (Lipinski definition) is 3. The van der Waals surface area contributed by atoms with E-state index >= 15 is 0 Å². The van der Waals surface area contributed by atoms with Crippen molar-refractivity contribution in [3.63, 3.8) is 0 Å². The maximum atomic E-state index is 12.1. The molecule has 0 radical (unpaired) electrons. The SMILES string of the molecule is Cc1cc(O)ccc1C(=O)CC(=O)c1ccc(O)cc1O. The van der Waals surface area contributed by atoms with Crippen molar-refractivity contribution in [1.29, 1.82) is 0 Å². The standard InChI is InChI=1S/C16H14O5/c1-9-6-10(17)2-4-12(9)15(20)8-16(21)13-5-3-11(18)7-14(13)19/h2-7,17-19H,8H2,1H3. The van der Waals surface area contributed by atoms with E-state index in [1.807, 2.05) is 0 Å². The zero-order valence-corrected chi connectivity index (χ0v) is 11.3. The molecule has 0 amide bonds. The summed E-state index contributed by atoms with van der Waals surface area (Å²) in [5.41, 5.74) is 0.903. The first kappa shape index (κ1) is 14.6. The molecule has 2 rings (SSSR count). The minimum Gasteiger partial charge on any atom is -0.508 e. The van der Waals surface area contributed by atoms with Crippen LogP contribution in [0.15, 0.2) is 36.4 Å². The highest BCUT2D eigenvalue weighted by atomic mass is 16.3. The second-order valence-electron chi connectivity index (χ2n) is 4.72. The molecule has 2 aromatic carbocycles. The summed E-state index contributed by atoms with van der Waals surface area (Å²) in [6, 6.07) is 7.85. The first-order chi connectivity index (χ1) is 9.88. The van der Waals surface area contributed by atoms with Crippen molar-refractivity contribution in [2.24, 2.45) is 0 Å². The van der Waals surface area contributed by atoms with Gasteiger partial charge in [-0.3, -0.25) is 9.59 Å². The smallest absolute Gasteiger partial charge is 0.174 e. The molecule has 0 aliphatic rings. The Morgan fingerprint density at radius 1 is 0.857 bits per heavy atom. The molecule has 0 heterocycles. The number of rotatable bonds is 4. The first-order valence-electron chi connectivity index (χ1n) is 6.26. The number of phenols is 3. The molecule has 0 spiro atoms. The molecule has 0 aliphatic carbocycles. The Morgan fingerprint density at radius 3 is 1.95 bits per heavy atom. The molecular formula is C16H14O5. The van der Waals surface area contributed by atoms with Crippen LogP contribution in [0.25, 0.3) is 0 Å². The van der Waals surface area contributed by atoms with E-state index in [4.69, 9.17) is 0 Å². The number of ketones is 2. The Kier molecular flexibility index (Phi) is 3.93. The van der Waals surface area contributed by atoms with E-state index in [0.717, 1.165) is 6.07 Å². The van der Waals surface area contributed by atoms with Crippen molar-refractivity contribution >= 4 is 11.6 Å². The fourth-order valence-electron chi connectivity index (χ4n) is 2.05. The fraction of sp³-hybridized carbons (Fsp3) is 0.125. The van der Waals surface area contributed by atoms with Gasteiger partial charge in [0.2, 0.25) is 0 Å². The molecule has 0 aromatic heterocycles. The second kappa shape index (κ2) is 5.66. The van der Waals surface area contributed by atoms with Crippen molar-refractivity contribution in [3.8, 4) is 17.2 Å². The highest BCUT2D eigenvalue weighted by Gasteiger charge is 2.18.